The maximum Gasteiger partial charge on any atom is 0.187 e. The van der Waals surface area contributed by atoms with Gasteiger partial charge in [0.05, 0.1) is 11.4 Å². The summed E-state index contributed by atoms with van der Waals surface area (Å²) in [6.45, 7) is 2.35. The zero-order valence-electron chi connectivity index (χ0n) is 8.45. The van der Waals surface area contributed by atoms with Crippen LogP contribution in [0.4, 0.5) is 0 Å². The molecule has 0 saturated carbocycles. The van der Waals surface area contributed by atoms with Crippen LogP contribution in [-0.2, 0) is 19.6 Å². The van der Waals surface area contributed by atoms with Gasteiger partial charge in [-0.2, -0.15) is 0 Å². The smallest absolute Gasteiger partial charge is 0.187 e. The Morgan fingerprint density at radius 3 is 2.86 bits per heavy atom. The highest BCUT2D eigenvalue weighted by molar-refractivity contribution is 7.98. The number of nitrogens with zero attached hydrogens (tertiary/aromatic N) is 3. The maximum atomic E-state index is 5.67. The molecule has 5 heteroatoms. The van der Waals surface area contributed by atoms with E-state index < -0.39 is 0 Å². The van der Waals surface area contributed by atoms with Crippen molar-refractivity contribution in [1.29, 1.82) is 0 Å². The summed E-state index contributed by atoms with van der Waals surface area (Å²) < 4.78 is 0. The van der Waals surface area contributed by atoms with E-state index in [0.717, 1.165) is 29.6 Å². The molecule has 0 spiro atoms. The third-order valence-corrected chi connectivity index (χ3v) is 2.93. The Balaban J connectivity index is 2.46. The van der Waals surface area contributed by atoms with Crippen LogP contribution < -0.4 is 5.73 Å². The Morgan fingerprint density at radius 1 is 1.43 bits per heavy atom. The second-order valence-corrected chi connectivity index (χ2v) is 4.23. The van der Waals surface area contributed by atoms with Crippen LogP contribution in [0.15, 0.2) is 5.16 Å². The Hall–Kier alpha value is -0.650. The molecular formula is C9H14N4S. The van der Waals surface area contributed by atoms with Crippen LogP contribution in [0.5, 0.6) is 0 Å². The van der Waals surface area contributed by atoms with E-state index in [9.17, 15) is 0 Å². The van der Waals surface area contributed by atoms with Gasteiger partial charge in [0, 0.05) is 25.2 Å². The zero-order chi connectivity index (χ0) is 10.1. The van der Waals surface area contributed by atoms with Crippen molar-refractivity contribution in [3.63, 3.8) is 0 Å². The number of thioether (sulfide) groups is 1. The molecule has 0 bridgehead atoms. The summed E-state index contributed by atoms with van der Waals surface area (Å²) in [5, 5.41) is 0.833. The van der Waals surface area contributed by atoms with E-state index in [4.69, 9.17) is 5.73 Å². The van der Waals surface area contributed by atoms with Gasteiger partial charge >= 0.3 is 0 Å². The maximum absolute atomic E-state index is 5.67. The number of aromatic nitrogens is 2. The standard InChI is InChI=1S/C9H14N4S/c1-13-4-6-7(3-10)11-9(14-2)12-8(6)5-13/h3-5,10H2,1-2H3. The number of rotatable bonds is 2. The average Bonchev–Trinajstić information content (AvgIpc) is 2.56. The molecule has 0 aromatic carbocycles. The van der Waals surface area contributed by atoms with Crippen LogP contribution >= 0.6 is 11.8 Å². The number of hydrogen-bond donors (Lipinski definition) is 1. The van der Waals surface area contributed by atoms with Crippen LogP contribution in [0.3, 0.4) is 0 Å². The third-order valence-electron chi connectivity index (χ3n) is 2.38. The van der Waals surface area contributed by atoms with Gasteiger partial charge in [0.25, 0.3) is 0 Å². The fourth-order valence-electron chi connectivity index (χ4n) is 1.71. The first-order chi connectivity index (χ1) is 6.74. The summed E-state index contributed by atoms with van der Waals surface area (Å²) in [4.78, 5) is 11.1. The molecule has 1 aromatic heterocycles. The molecule has 2 rings (SSSR count). The molecule has 0 radical (unpaired) electrons. The fraction of sp³-hybridized carbons (Fsp3) is 0.556. The van der Waals surface area contributed by atoms with Gasteiger partial charge in [0.1, 0.15) is 0 Å². The van der Waals surface area contributed by atoms with Crippen LogP contribution in [0.25, 0.3) is 0 Å². The van der Waals surface area contributed by atoms with E-state index in [0.29, 0.717) is 6.54 Å². The molecule has 0 fully saturated rings. The molecule has 2 heterocycles. The molecule has 0 saturated heterocycles. The lowest BCUT2D eigenvalue weighted by atomic mass is 10.2. The van der Waals surface area contributed by atoms with Gasteiger partial charge < -0.3 is 5.73 Å². The Kier molecular flexibility index (Phi) is 2.71. The van der Waals surface area contributed by atoms with Gasteiger partial charge in [-0.15, -0.1) is 0 Å². The molecule has 1 aliphatic heterocycles. The number of nitrogens with two attached hydrogens (primary N) is 1. The number of fused-ring (bicyclic) bond motifs is 1. The first kappa shape index (κ1) is 9.89. The Bertz CT molecular complexity index is 353. The SMILES string of the molecule is CSc1nc(CN)c2c(n1)CN(C)C2. The van der Waals surface area contributed by atoms with Crippen molar-refractivity contribution in [3.05, 3.63) is 17.0 Å². The number of hydrogen-bond acceptors (Lipinski definition) is 5. The summed E-state index contributed by atoms with van der Waals surface area (Å²) >= 11 is 1.57. The topological polar surface area (TPSA) is 55.0 Å². The normalized spacial score (nSPS) is 15.9. The van der Waals surface area contributed by atoms with E-state index in [2.05, 4.69) is 21.9 Å². The van der Waals surface area contributed by atoms with E-state index in [-0.39, 0.29) is 0 Å². The van der Waals surface area contributed by atoms with Gasteiger partial charge in [-0.05, 0) is 13.3 Å². The predicted octanol–water partition coefficient (Wildman–Crippen LogP) is 0.603. The zero-order valence-corrected chi connectivity index (χ0v) is 9.27. The van der Waals surface area contributed by atoms with Crippen molar-refractivity contribution in [2.45, 2.75) is 24.8 Å². The first-order valence-electron chi connectivity index (χ1n) is 4.56. The molecule has 76 valence electrons. The van der Waals surface area contributed by atoms with Gasteiger partial charge in [0.2, 0.25) is 0 Å². The first-order valence-corrected chi connectivity index (χ1v) is 5.78. The monoisotopic (exact) mass is 210 g/mol. The summed E-state index contributed by atoms with van der Waals surface area (Å²) in [6, 6.07) is 0. The average molecular weight is 210 g/mol. The molecule has 1 aliphatic rings. The lowest BCUT2D eigenvalue weighted by Gasteiger charge is -2.05. The minimum absolute atomic E-state index is 0.506. The molecule has 0 amide bonds. The molecule has 4 nitrogen and oxygen atoms in total. The summed E-state index contributed by atoms with van der Waals surface area (Å²) in [7, 11) is 2.08. The molecule has 2 N–H and O–H groups in total. The van der Waals surface area contributed by atoms with Gasteiger partial charge in [0.15, 0.2) is 5.16 Å². The van der Waals surface area contributed by atoms with Gasteiger partial charge in [-0.1, -0.05) is 11.8 Å². The molecule has 0 aliphatic carbocycles. The minimum atomic E-state index is 0.506. The second kappa shape index (κ2) is 3.84. The van der Waals surface area contributed by atoms with E-state index in [1.165, 1.54) is 5.56 Å². The summed E-state index contributed by atoms with van der Waals surface area (Å²) in [5.74, 6) is 0. The van der Waals surface area contributed by atoms with Crippen molar-refractivity contribution in [2.24, 2.45) is 5.73 Å². The van der Waals surface area contributed by atoms with E-state index in [1.807, 2.05) is 6.26 Å². The highest BCUT2D eigenvalue weighted by Gasteiger charge is 2.21. The van der Waals surface area contributed by atoms with E-state index in [1.54, 1.807) is 11.8 Å². The van der Waals surface area contributed by atoms with Crippen molar-refractivity contribution in [2.75, 3.05) is 13.3 Å². The fourth-order valence-corrected chi connectivity index (χ4v) is 2.12. The molecule has 1 aromatic rings. The molecule has 14 heavy (non-hydrogen) atoms. The predicted molar refractivity (Wildman–Crippen MR) is 56.9 cm³/mol. The van der Waals surface area contributed by atoms with Crippen LogP contribution in [0.1, 0.15) is 17.0 Å². The lowest BCUT2D eigenvalue weighted by molar-refractivity contribution is 0.350. The molecule has 0 atom stereocenters. The minimum Gasteiger partial charge on any atom is -0.325 e. The summed E-state index contributed by atoms with van der Waals surface area (Å²) in [6.07, 6.45) is 1.99. The second-order valence-electron chi connectivity index (χ2n) is 3.46. The quantitative estimate of drug-likeness (QED) is 0.572. The largest absolute Gasteiger partial charge is 0.325 e. The van der Waals surface area contributed by atoms with Crippen LogP contribution in [-0.4, -0.2) is 28.2 Å². The summed E-state index contributed by atoms with van der Waals surface area (Å²) in [5.41, 5.74) is 9.05. The third kappa shape index (κ3) is 1.63. The van der Waals surface area contributed by atoms with Gasteiger partial charge in [-0.3, -0.25) is 4.90 Å². The van der Waals surface area contributed by atoms with E-state index >= 15 is 0 Å². The Labute approximate surface area is 87.9 Å². The highest BCUT2D eigenvalue weighted by Crippen LogP contribution is 2.24. The highest BCUT2D eigenvalue weighted by atomic mass is 32.2. The van der Waals surface area contributed by atoms with Crippen molar-refractivity contribution >= 4 is 11.8 Å². The lowest BCUT2D eigenvalue weighted by Crippen LogP contribution is -2.09. The van der Waals surface area contributed by atoms with Crippen LogP contribution in [0, 0.1) is 0 Å². The Morgan fingerprint density at radius 2 is 2.21 bits per heavy atom. The molecular weight excluding hydrogens is 196 g/mol. The van der Waals surface area contributed by atoms with Crippen molar-refractivity contribution in [3.8, 4) is 0 Å². The molecule has 0 unspecified atom stereocenters. The van der Waals surface area contributed by atoms with Crippen molar-refractivity contribution in [1.82, 2.24) is 14.9 Å². The van der Waals surface area contributed by atoms with Crippen molar-refractivity contribution < 1.29 is 0 Å². The van der Waals surface area contributed by atoms with Crippen LogP contribution in [0.2, 0.25) is 0 Å². The van der Waals surface area contributed by atoms with Gasteiger partial charge in [-0.25, -0.2) is 9.97 Å².